The van der Waals surface area contributed by atoms with E-state index in [1.807, 2.05) is 19.9 Å². The van der Waals surface area contributed by atoms with Gasteiger partial charge in [0.1, 0.15) is 11.3 Å². The average molecular weight is 265 g/mol. The van der Waals surface area contributed by atoms with Gasteiger partial charge in [0.25, 0.3) is 0 Å². The lowest BCUT2D eigenvalue weighted by Crippen LogP contribution is -2.45. The van der Waals surface area contributed by atoms with Gasteiger partial charge in [-0.05, 0) is 26.0 Å². The summed E-state index contributed by atoms with van der Waals surface area (Å²) in [7, 11) is 1.48. The number of aromatic carboxylic acids is 1. The molecule has 0 aromatic heterocycles. The highest BCUT2D eigenvalue weighted by Crippen LogP contribution is 2.27. The molecule has 1 aliphatic heterocycles. The van der Waals surface area contributed by atoms with E-state index in [1.165, 1.54) is 7.11 Å². The van der Waals surface area contributed by atoms with Crippen molar-refractivity contribution in [2.24, 2.45) is 0 Å². The quantitative estimate of drug-likeness (QED) is 0.906. The second-order valence-corrected chi connectivity index (χ2v) is 4.85. The van der Waals surface area contributed by atoms with Gasteiger partial charge in [-0.2, -0.15) is 0 Å². The van der Waals surface area contributed by atoms with Crippen molar-refractivity contribution in [2.75, 3.05) is 25.1 Å². The minimum absolute atomic E-state index is 0.161. The Hall–Kier alpha value is -1.75. The van der Waals surface area contributed by atoms with Crippen LogP contribution < -0.4 is 9.64 Å². The van der Waals surface area contributed by atoms with Crippen molar-refractivity contribution in [3.63, 3.8) is 0 Å². The standard InChI is InChI=1S/C14H19NO4/c1-9-7-15(8-10(2)19-9)11-4-5-12(14(16)17)13(6-11)18-3/h4-6,9-10H,7-8H2,1-3H3,(H,16,17). The minimum atomic E-state index is -0.980. The van der Waals surface area contributed by atoms with Crippen molar-refractivity contribution in [1.29, 1.82) is 0 Å². The molecule has 2 rings (SSSR count). The van der Waals surface area contributed by atoms with E-state index in [0.717, 1.165) is 18.8 Å². The van der Waals surface area contributed by atoms with E-state index in [1.54, 1.807) is 12.1 Å². The first-order valence-electron chi connectivity index (χ1n) is 6.33. The number of carboxylic acids is 1. The third kappa shape index (κ3) is 2.98. The van der Waals surface area contributed by atoms with Gasteiger partial charge in [0.2, 0.25) is 0 Å². The molecule has 1 aromatic carbocycles. The largest absolute Gasteiger partial charge is 0.496 e. The second-order valence-electron chi connectivity index (χ2n) is 4.85. The van der Waals surface area contributed by atoms with E-state index in [0.29, 0.717) is 5.75 Å². The maximum absolute atomic E-state index is 11.1. The van der Waals surface area contributed by atoms with Crippen molar-refractivity contribution < 1.29 is 19.4 Å². The number of hydrogen-bond donors (Lipinski definition) is 1. The molecule has 1 N–H and O–H groups in total. The second kappa shape index (κ2) is 5.48. The summed E-state index contributed by atoms with van der Waals surface area (Å²) < 4.78 is 10.8. The summed E-state index contributed by atoms with van der Waals surface area (Å²) >= 11 is 0. The van der Waals surface area contributed by atoms with Gasteiger partial charge in [0.15, 0.2) is 0 Å². The molecule has 1 aromatic rings. The summed E-state index contributed by atoms with van der Waals surface area (Å²) in [6.07, 6.45) is 0.322. The van der Waals surface area contributed by atoms with Crippen molar-refractivity contribution in [3.8, 4) is 5.75 Å². The lowest BCUT2D eigenvalue weighted by atomic mass is 10.1. The fourth-order valence-electron chi connectivity index (χ4n) is 2.44. The Balaban J connectivity index is 2.27. The molecule has 1 aliphatic rings. The highest BCUT2D eigenvalue weighted by atomic mass is 16.5. The summed E-state index contributed by atoms with van der Waals surface area (Å²) in [5.74, 6) is -0.594. The fraction of sp³-hybridized carbons (Fsp3) is 0.500. The van der Waals surface area contributed by atoms with E-state index < -0.39 is 5.97 Å². The summed E-state index contributed by atoms with van der Waals surface area (Å²) in [6, 6.07) is 5.17. The number of nitrogens with zero attached hydrogens (tertiary/aromatic N) is 1. The maximum atomic E-state index is 11.1. The summed E-state index contributed by atoms with van der Waals surface area (Å²) in [5, 5.41) is 9.07. The molecule has 0 spiro atoms. The molecule has 0 radical (unpaired) electrons. The van der Waals surface area contributed by atoms with E-state index in [2.05, 4.69) is 4.90 Å². The lowest BCUT2D eigenvalue weighted by molar-refractivity contribution is -0.00523. The molecular formula is C14H19NO4. The number of carboxylic acid groups (broad SMARTS) is 1. The molecule has 0 aliphatic carbocycles. The minimum Gasteiger partial charge on any atom is -0.496 e. The molecule has 19 heavy (non-hydrogen) atoms. The predicted molar refractivity (Wildman–Crippen MR) is 72.2 cm³/mol. The van der Waals surface area contributed by atoms with Crippen molar-refractivity contribution >= 4 is 11.7 Å². The highest BCUT2D eigenvalue weighted by Gasteiger charge is 2.23. The lowest BCUT2D eigenvalue weighted by Gasteiger charge is -2.37. The molecule has 2 atom stereocenters. The molecule has 104 valence electrons. The van der Waals surface area contributed by atoms with Gasteiger partial charge in [-0.1, -0.05) is 0 Å². The Morgan fingerprint density at radius 2 is 2.00 bits per heavy atom. The average Bonchev–Trinajstić information content (AvgIpc) is 2.36. The van der Waals surface area contributed by atoms with Crippen LogP contribution in [-0.2, 0) is 4.74 Å². The van der Waals surface area contributed by atoms with Crippen LogP contribution >= 0.6 is 0 Å². The van der Waals surface area contributed by atoms with Crippen molar-refractivity contribution in [2.45, 2.75) is 26.1 Å². The van der Waals surface area contributed by atoms with E-state index >= 15 is 0 Å². The SMILES string of the molecule is COc1cc(N2CC(C)OC(C)C2)ccc1C(=O)O. The zero-order valence-corrected chi connectivity index (χ0v) is 11.4. The Morgan fingerprint density at radius 1 is 1.37 bits per heavy atom. The van der Waals surface area contributed by atoms with Crippen LogP contribution in [0.4, 0.5) is 5.69 Å². The van der Waals surface area contributed by atoms with Gasteiger partial charge in [-0.15, -0.1) is 0 Å². The number of ether oxygens (including phenoxy) is 2. The predicted octanol–water partition coefficient (Wildman–Crippen LogP) is 2.01. The van der Waals surface area contributed by atoms with Crippen LogP contribution in [0.1, 0.15) is 24.2 Å². The molecule has 0 saturated carbocycles. The monoisotopic (exact) mass is 265 g/mol. The molecule has 2 unspecified atom stereocenters. The normalized spacial score (nSPS) is 23.2. The van der Waals surface area contributed by atoms with Gasteiger partial charge in [0, 0.05) is 24.8 Å². The number of carbonyl (C=O) groups is 1. The zero-order chi connectivity index (χ0) is 14.0. The number of hydrogen-bond acceptors (Lipinski definition) is 4. The fourth-order valence-corrected chi connectivity index (χ4v) is 2.44. The van der Waals surface area contributed by atoms with Gasteiger partial charge < -0.3 is 19.5 Å². The smallest absolute Gasteiger partial charge is 0.339 e. The van der Waals surface area contributed by atoms with Gasteiger partial charge in [-0.25, -0.2) is 4.79 Å². The molecule has 0 amide bonds. The van der Waals surface area contributed by atoms with Crippen LogP contribution in [0.5, 0.6) is 5.75 Å². The first-order chi connectivity index (χ1) is 9.01. The van der Waals surface area contributed by atoms with Crippen LogP contribution in [-0.4, -0.2) is 43.5 Å². The van der Waals surface area contributed by atoms with Crippen LogP contribution in [0.15, 0.2) is 18.2 Å². The molecule has 1 heterocycles. The van der Waals surface area contributed by atoms with E-state index in [-0.39, 0.29) is 17.8 Å². The highest BCUT2D eigenvalue weighted by molar-refractivity contribution is 5.91. The topological polar surface area (TPSA) is 59.0 Å². The van der Waals surface area contributed by atoms with Gasteiger partial charge in [0.05, 0.1) is 19.3 Å². The zero-order valence-electron chi connectivity index (χ0n) is 11.4. The molecular weight excluding hydrogens is 246 g/mol. The summed E-state index contributed by atoms with van der Waals surface area (Å²) in [4.78, 5) is 13.2. The summed E-state index contributed by atoms with van der Waals surface area (Å²) in [5.41, 5.74) is 1.14. The van der Waals surface area contributed by atoms with Gasteiger partial charge >= 0.3 is 5.97 Å². The first kappa shape index (κ1) is 13.7. The third-order valence-corrected chi connectivity index (χ3v) is 3.20. The van der Waals surface area contributed by atoms with E-state index in [9.17, 15) is 4.79 Å². The summed E-state index contributed by atoms with van der Waals surface area (Å²) in [6.45, 7) is 5.65. The number of benzene rings is 1. The molecule has 5 nitrogen and oxygen atoms in total. The Morgan fingerprint density at radius 3 is 2.53 bits per heavy atom. The third-order valence-electron chi connectivity index (χ3n) is 3.20. The van der Waals surface area contributed by atoms with Crippen LogP contribution in [0.2, 0.25) is 0 Å². The molecule has 0 bridgehead atoms. The number of methoxy groups -OCH3 is 1. The molecule has 1 saturated heterocycles. The van der Waals surface area contributed by atoms with Crippen LogP contribution in [0, 0.1) is 0 Å². The van der Waals surface area contributed by atoms with Crippen LogP contribution in [0.25, 0.3) is 0 Å². The van der Waals surface area contributed by atoms with Crippen molar-refractivity contribution in [3.05, 3.63) is 23.8 Å². The Labute approximate surface area is 112 Å². The number of morpholine rings is 1. The number of rotatable bonds is 3. The molecule has 1 fully saturated rings. The Bertz CT molecular complexity index is 465. The van der Waals surface area contributed by atoms with E-state index in [4.69, 9.17) is 14.6 Å². The van der Waals surface area contributed by atoms with Gasteiger partial charge in [-0.3, -0.25) is 0 Å². The maximum Gasteiger partial charge on any atom is 0.339 e. The Kier molecular flexibility index (Phi) is 3.95. The van der Waals surface area contributed by atoms with Crippen molar-refractivity contribution in [1.82, 2.24) is 0 Å². The number of anilines is 1. The molecule has 5 heteroatoms. The van der Waals surface area contributed by atoms with Crippen LogP contribution in [0.3, 0.4) is 0 Å². The first-order valence-corrected chi connectivity index (χ1v) is 6.33.